The number of pyridine rings is 1. The lowest BCUT2D eigenvalue weighted by Gasteiger charge is -2.16. The molecule has 1 saturated heterocycles. The van der Waals surface area contributed by atoms with Crippen molar-refractivity contribution < 1.29 is 34.2 Å². The van der Waals surface area contributed by atoms with E-state index in [9.17, 15) is 29.4 Å². The molecule has 320 valence electrons. The molecule has 2 aliphatic rings. The summed E-state index contributed by atoms with van der Waals surface area (Å²) >= 11 is 0. The zero-order valence-electron chi connectivity index (χ0n) is 34.0. The van der Waals surface area contributed by atoms with Gasteiger partial charge in [0.15, 0.2) is 6.54 Å². The first kappa shape index (κ1) is 46.8. The summed E-state index contributed by atoms with van der Waals surface area (Å²) < 4.78 is 5.00. The van der Waals surface area contributed by atoms with Gasteiger partial charge in [-0.2, -0.15) is 0 Å². The minimum Gasteiger partial charge on any atom is -0.506 e. The summed E-state index contributed by atoms with van der Waals surface area (Å²) in [6.07, 6.45) is 2.94. The van der Waals surface area contributed by atoms with Gasteiger partial charge in [-0.1, -0.05) is 74.2 Å². The van der Waals surface area contributed by atoms with Crippen LogP contribution in [0, 0.1) is 11.8 Å². The van der Waals surface area contributed by atoms with Gasteiger partial charge >= 0.3 is 0 Å². The van der Waals surface area contributed by atoms with Crippen molar-refractivity contribution >= 4 is 40.9 Å². The zero-order valence-corrected chi connectivity index (χ0v) is 34.0. The number of benzene rings is 4. The number of phenols is 1. The van der Waals surface area contributed by atoms with E-state index in [1.807, 2.05) is 57.5 Å². The second-order valence-electron chi connectivity index (χ2n) is 15.3. The number of aromatic hydroxyl groups is 1. The molecule has 0 spiro atoms. The minimum atomic E-state index is -0.814. The average molecular weight is 822 g/mol. The molecule has 5 aromatic rings. The molecule has 3 unspecified atom stereocenters. The number of aliphatic hydroxyl groups excluding tert-OH is 1. The number of H-pyrrole nitrogens is 1. The molecule has 3 atom stereocenters. The normalized spacial score (nSPS) is 17.2. The molecule has 4 aromatic carbocycles. The zero-order chi connectivity index (χ0) is 42.1. The van der Waals surface area contributed by atoms with E-state index in [4.69, 9.17) is 4.74 Å². The van der Waals surface area contributed by atoms with Gasteiger partial charge in [-0.3, -0.25) is 14.4 Å². The van der Waals surface area contributed by atoms with Crippen LogP contribution in [0.3, 0.4) is 0 Å². The highest BCUT2D eigenvalue weighted by atomic mass is 16.5. The number of anilines is 2. The quantitative estimate of drug-likeness (QED) is 0.0738. The minimum absolute atomic E-state index is 0. The Bertz CT molecular complexity index is 2150. The van der Waals surface area contributed by atoms with Crippen molar-refractivity contribution in [2.45, 2.75) is 45.4 Å². The standard InChI is InChI=1S/C22H26N4O4.C13H13N.C11H17NO3.CH4/c1-26(2)13-21(30)24-15-5-3-14(4-6-15)11-23-12-19(28)16-7-9-18(27)22-17(16)8-10-20(29)25-22;1-14-13-10-6-5-9-12(13)11-7-3-2-4-8-11;13-3-1-2-12-6-9-4-11(15-8-14)5-10(9)7-12;/h3-10,19,23,27-28H,11-13H2,1-2H3,(H,24,30)(H,25,29);2-10,14H,1H3;3,8-11H,1-2,4-7H2;1H4/p+1. The third-order valence-electron chi connectivity index (χ3n) is 10.6. The molecule has 2 heterocycles. The Morgan fingerprint density at radius 2 is 1.62 bits per heavy atom. The summed E-state index contributed by atoms with van der Waals surface area (Å²) in [5.74, 6) is 1.26. The van der Waals surface area contributed by atoms with E-state index >= 15 is 0 Å². The second-order valence-corrected chi connectivity index (χ2v) is 15.3. The monoisotopic (exact) mass is 821 g/mol. The van der Waals surface area contributed by atoms with Crippen LogP contribution in [-0.2, 0) is 25.7 Å². The number of amides is 1. The molecule has 1 amide bonds. The number of phenolic OH excluding ortho intramolecular Hbond substituents is 1. The molecule has 13 nitrogen and oxygen atoms in total. The molecule has 2 fully saturated rings. The van der Waals surface area contributed by atoms with Crippen molar-refractivity contribution in [1.82, 2.24) is 15.2 Å². The molecular weight excluding hydrogens is 761 g/mol. The summed E-state index contributed by atoms with van der Waals surface area (Å²) in [5.41, 5.74) is 6.03. The first-order valence-electron chi connectivity index (χ1n) is 20.1. The van der Waals surface area contributed by atoms with E-state index in [0.29, 0.717) is 60.8 Å². The number of ether oxygens (including phenoxy) is 1. The lowest BCUT2D eigenvalue weighted by atomic mass is 10.0. The van der Waals surface area contributed by atoms with Crippen LogP contribution in [0.2, 0.25) is 0 Å². The number of aromatic nitrogens is 1. The first-order valence-corrected chi connectivity index (χ1v) is 20.1. The van der Waals surface area contributed by atoms with Crippen molar-refractivity contribution in [3.8, 4) is 16.9 Å². The highest BCUT2D eigenvalue weighted by Crippen LogP contribution is 2.39. The van der Waals surface area contributed by atoms with Crippen molar-refractivity contribution in [3.63, 3.8) is 0 Å². The van der Waals surface area contributed by atoms with Gasteiger partial charge in [-0.15, -0.1) is 0 Å². The molecule has 1 saturated carbocycles. The number of nitrogens with one attached hydrogen (secondary N) is 5. The lowest BCUT2D eigenvalue weighted by molar-refractivity contribution is -0.849. The predicted octanol–water partition coefficient (Wildman–Crippen LogP) is 4.63. The third-order valence-corrected chi connectivity index (χ3v) is 10.6. The first-order chi connectivity index (χ1) is 28.6. The molecule has 60 heavy (non-hydrogen) atoms. The van der Waals surface area contributed by atoms with Crippen LogP contribution < -0.4 is 26.4 Å². The van der Waals surface area contributed by atoms with E-state index in [2.05, 4.69) is 68.3 Å². The van der Waals surface area contributed by atoms with E-state index in [0.717, 1.165) is 54.9 Å². The molecule has 0 bridgehead atoms. The van der Waals surface area contributed by atoms with E-state index in [-0.39, 0.29) is 30.7 Å². The number of hydrogen-bond acceptors (Lipinski definition) is 10. The van der Waals surface area contributed by atoms with Crippen LogP contribution in [0.1, 0.15) is 43.9 Å². The average Bonchev–Trinajstić information content (AvgIpc) is 3.80. The smallest absolute Gasteiger partial charge is 0.293 e. The molecular formula is C47H61N6O7+. The van der Waals surface area contributed by atoms with Crippen LogP contribution in [-0.4, -0.2) is 98.7 Å². The molecule has 1 aliphatic heterocycles. The van der Waals surface area contributed by atoms with Crippen molar-refractivity contribution in [2.24, 2.45) is 11.8 Å². The van der Waals surface area contributed by atoms with E-state index in [1.54, 1.807) is 12.1 Å². The second kappa shape index (κ2) is 23.7. The fraction of sp³-hybridized carbons (Fsp3) is 0.362. The fourth-order valence-corrected chi connectivity index (χ4v) is 7.76. The summed E-state index contributed by atoms with van der Waals surface area (Å²) in [4.78, 5) is 49.8. The summed E-state index contributed by atoms with van der Waals surface area (Å²) in [5, 5.41) is 30.4. The van der Waals surface area contributed by atoms with Crippen LogP contribution in [0.25, 0.3) is 22.0 Å². The Hall–Kier alpha value is -5.86. The number of hydrogen-bond donors (Lipinski definition) is 7. The number of nitrogens with zero attached hydrogens (tertiary/aromatic N) is 1. The number of fused-ring (bicyclic) bond motifs is 2. The van der Waals surface area contributed by atoms with Gasteiger partial charge in [0.1, 0.15) is 18.1 Å². The summed E-state index contributed by atoms with van der Waals surface area (Å²) in [6, 6.07) is 32.3. The van der Waals surface area contributed by atoms with Gasteiger partial charge in [-0.05, 0) is 71.7 Å². The van der Waals surface area contributed by atoms with Gasteiger partial charge < -0.3 is 50.5 Å². The van der Waals surface area contributed by atoms with Crippen LogP contribution >= 0.6 is 0 Å². The number of likely N-dealkylation sites (N-methyl/N-ethyl adjacent to an activating group) is 1. The maximum Gasteiger partial charge on any atom is 0.293 e. The number of aldehydes is 1. The van der Waals surface area contributed by atoms with Crippen molar-refractivity contribution in [1.29, 1.82) is 0 Å². The largest absolute Gasteiger partial charge is 0.506 e. The van der Waals surface area contributed by atoms with Crippen LogP contribution in [0.5, 0.6) is 5.75 Å². The van der Waals surface area contributed by atoms with Gasteiger partial charge in [-0.25, -0.2) is 0 Å². The SMILES string of the molecule is C.CNc1ccccc1-c1ccccc1.C[NH+](C)CC(=O)Nc1ccc(CNCC(O)c2ccc(O)c3[nH]c(=O)ccc23)cc1.O=CCCN1CC2CC(OC=O)CC2C1. The number of rotatable bonds is 15. The van der Waals surface area contributed by atoms with Crippen molar-refractivity contribution in [2.75, 3.05) is 64.5 Å². The molecule has 7 N–H and O–H groups in total. The number of carbonyl (C=O) groups excluding carboxylic acids is 3. The van der Waals surface area contributed by atoms with Crippen molar-refractivity contribution in [3.05, 3.63) is 125 Å². The van der Waals surface area contributed by atoms with Gasteiger partial charge in [0, 0.05) is 74.6 Å². The van der Waals surface area contributed by atoms with E-state index in [1.165, 1.54) is 28.9 Å². The highest BCUT2D eigenvalue weighted by molar-refractivity contribution is 5.91. The molecule has 0 radical (unpaired) electrons. The van der Waals surface area contributed by atoms with E-state index < -0.39 is 6.10 Å². The Morgan fingerprint density at radius 3 is 2.27 bits per heavy atom. The fourth-order valence-electron chi connectivity index (χ4n) is 7.76. The number of aliphatic hydroxyl groups is 1. The predicted molar refractivity (Wildman–Crippen MR) is 238 cm³/mol. The third kappa shape index (κ3) is 13.6. The van der Waals surface area contributed by atoms with Gasteiger partial charge in [0.2, 0.25) is 5.56 Å². The number of quaternary nitrogens is 1. The maximum absolute atomic E-state index is 11.8. The number of carbonyl (C=O) groups is 3. The molecule has 7 rings (SSSR count). The topological polar surface area (TPSA) is 178 Å². The highest BCUT2D eigenvalue weighted by Gasteiger charge is 2.41. The Labute approximate surface area is 352 Å². The molecule has 1 aliphatic carbocycles. The summed E-state index contributed by atoms with van der Waals surface area (Å²) in [6.45, 7) is 4.82. The number of likely N-dealkylation sites (tertiary alicyclic amines) is 1. The Balaban J connectivity index is 0.000000220. The molecule has 1 aromatic heterocycles. The van der Waals surface area contributed by atoms with Gasteiger partial charge in [0.25, 0.3) is 12.4 Å². The molecule has 13 heteroatoms. The summed E-state index contributed by atoms with van der Waals surface area (Å²) in [7, 11) is 5.79. The Kier molecular flexibility index (Phi) is 18.5. The number of para-hydroxylation sites is 1. The number of aromatic amines is 1. The lowest BCUT2D eigenvalue weighted by Crippen LogP contribution is -3.06. The maximum atomic E-state index is 11.8. The Morgan fingerprint density at radius 1 is 0.933 bits per heavy atom. The van der Waals surface area contributed by atoms with Crippen LogP contribution in [0.15, 0.2) is 108 Å². The van der Waals surface area contributed by atoms with Gasteiger partial charge in [0.05, 0.1) is 25.7 Å². The van der Waals surface area contributed by atoms with Crippen LogP contribution in [0.4, 0.5) is 11.4 Å².